The summed E-state index contributed by atoms with van der Waals surface area (Å²) < 4.78 is 7.61. The average molecular weight is 419 g/mol. The summed E-state index contributed by atoms with van der Waals surface area (Å²) in [5.41, 5.74) is 4.97. The molecule has 1 atom stereocenters. The number of aromatic nitrogens is 4. The first-order valence-electron chi connectivity index (χ1n) is 10.4. The van der Waals surface area contributed by atoms with E-state index in [2.05, 4.69) is 33.1 Å². The number of allylic oxidation sites excluding steroid dienone is 1. The van der Waals surface area contributed by atoms with E-state index in [9.17, 15) is 4.79 Å². The molecule has 0 saturated heterocycles. The number of ether oxygens (including phenoxy) is 1. The smallest absolute Gasteiger partial charge is 0.255 e. The van der Waals surface area contributed by atoms with E-state index in [1.54, 1.807) is 4.68 Å². The lowest BCUT2D eigenvalue weighted by atomic mass is 9.94. The summed E-state index contributed by atoms with van der Waals surface area (Å²) in [5, 5.41) is 18.2. The minimum absolute atomic E-state index is 0.214. The van der Waals surface area contributed by atoms with Crippen LogP contribution in [0, 0.1) is 13.8 Å². The summed E-state index contributed by atoms with van der Waals surface area (Å²) >= 11 is 0. The summed E-state index contributed by atoms with van der Waals surface area (Å²) in [7, 11) is 0. The van der Waals surface area contributed by atoms with E-state index < -0.39 is 6.04 Å². The highest BCUT2D eigenvalue weighted by Crippen LogP contribution is 2.39. The Bertz CT molecular complexity index is 1150. The Morgan fingerprint density at radius 3 is 2.77 bits per heavy atom. The molecule has 0 radical (unpaired) electrons. The minimum Gasteiger partial charge on any atom is -0.493 e. The average Bonchev–Trinajstić information content (AvgIpc) is 3.21. The van der Waals surface area contributed by atoms with Crippen LogP contribution < -0.4 is 15.4 Å². The first kappa shape index (κ1) is 20.6. The fourth-order valence-electron chi connectivity index (χ4n) is 3.79. The number of amides is 1. The van der Waals surface area contributed by atoms with E-state index in [4.69, 9.17) is 4.74 Å². The van der Waals surface area contributed by atoms with Crippen molar-refractivity contribution in [2.75, 3.05) is 17.2 Å². The first-order chi connectivity index (χ1) is 15.0. The lowest BCUT2D eigenvalue weighted by Crippen LogP contribution is -2.32. The monoisotopic (exact) mass is 418 g/mol. The summed E-state index contributed by atoms with van der Waals surface area (Å²) in [6, 6.07) is 13.1. The van der Waals surface area contributed by atoms with E-state index in [0.29, 0.717) is 29.6 Å². The molecular weight excluding hydrogens is 392 g/mol. The van der Waals surface area contributed by atoms with Crippen LogP contribution >= 0.6 is 0 Å². The number of tetrazole rings is 1. The lowest BCUT2D eigenvalue weighted by molar-refractivity contribution is -0.113. The number of carbonyl (C=O) groups is 1. The minimum atomic E-state index is -0.523. The van der Waals surface area contributed by atoms with E-state index in [1.165, 1.54) is 0 Å². The number of anilines is 2. The SMILES string of the molecule is CCCOc1ccccc1[C@H]1C(C(=O)Nc2ccc(C)cc2C)=C(C)Nc2nnnn21. The van der Waals surface area contributed by atoms with Crippen molar-refractivity contribution in [1.29, 1.82) is 0 Å². The molecule has 0 fully saturated rings. The van der Waals surface area contributed by atoms with Crippen LogP contribution in [0.1, 0.15) is 43.0 Å². The second kappa shape index (κ2) is 8.59. The van der Waals surface area contributed by atoms with Crippen molar-refractivity contribution in [2.45, 2.75) is 40.2 Å². The number of aryl methyl sites for hydroxylation is 2. The van der Waals surface area contributed by atoms with Crippen LogP contribution in [0.3, 0.4) is 0 Å². The van der Waals surface area contributed by atoms with E-state index in [0.717, 1.165) is 28.8 Å². The highest BCUT2D eigenvalue weighted by atomic mass is 16.5. The molecule has 1 aromatic heterocycles. The Kier molecular flexibility index (Phi) is 5.70. The predicted octanol–water partition coefficient (Wildman–Crippen LogP) is 4.01. The van der Waals surface area contributed by atoms with Gasteiger partial charge < -0.3 is 15.4 Å². The summed E-state index contributed by atoms with van der Waals surface area (Å²) in [5.74, 6) is 0.978. The molecule has 160 valence electrons. The van der Waals surface area contributed by atoms with Gasteiger partial charge in [0, 0.05) is 16.9 Å². The fourth-order valence-corrected chi connectivity index (χ4v) is 3.79. The molecule has 1 amide bonds. The van der Waals surface area contributed by atoms with Gasteiger partial charge in [0.15, 0.2) is 0 Å². The van der Waals surface area contributed by atoms with Crippen molar-refractivity contribution in [3.8, 4) is 5.75 Å². The van der Waals surface area contributed by atoms with Crippen molar-refractivity contribution >= 4 is 17.5 Å². The van der Waals surface area contributed by atoms with Crippen LogP contribution in [0.5, 0.6) is 5.75 Å². The van der Waals surface area contributed by atoms with Gasteiger partial charge in [0.2, 0.25) is 5.95 Å². The van der Waals surface area contributed by atoms with E-state index in [1.807, 2.05) is 63.2 Å². The zero-order chi connectivity index (χ0) is 22.0. The molecule has 2 aromatic carbocycles. The van der Waals surface area contributed by atoms with Gasteiger partial charge >= 0.3 is 0 Å². The second-order valence-corrected chi connectivity index (χ2v) is 7.67. The largest absolute Gasteiger partial charge is 0.493 e. The van der Waals surface area contributed by atoms with Crippen LogP contribution in [0.4, 0.5) is 11.6 Å². The van der Waals surface area contributed by atoms with Crippen LogP contribution in [0.15, 0.2) is 53.7 Å². The van der Waals surface area contributed by atoms with Crippen molar-refractivity contribution in [1.82, 2.24) is 20.2 Å². The fraction of sp³-hybridized carbons (Fsp3) is 0.304. The summed E-state index contributed by atoms with van der Waals surface area (Å²) in [4.78, 5) is 13.5. The topological polar surface area (TPSA) is 94.0 Å². The van der Waals surface area contributed by atoms with Gasteiger partial charge in [0.25, 0.3) is 5.91 Å². The normalized spacial score (nSPS) is 15.3. The Morgan fingerprint density at radius 2 is 2.00 bits per heavy atom. The quantitative estimate of drug-likeness (QED) is 0.628. The third kappa shape index (κ3) is 4.01. The van der Waals surface area contributed by atoms with Gasteiger partial charge in [-0.2, -0.15) is 4.68 Å². The highest BCUT2D eigenvalue weighted by Gasteiger charge is 2.35. The third-order valence-corrected chi connectivity index (χ3v) is 5.26. The first-order valence-corrected chi connectivity index (χ1v) is 10.4. The lowest BCUT2D eigenvalue weighted by Gasteiger charge is -2.29. The van der Waals surface area contributed by atoms with Crippen molar-refractivity contribution < 1.29 is 9.53 Å². The molecule has 0 aliphatic carbocycles. The second-order valence-electron chi connectivity index (χ2n) is 7.67. The number of nitrogens with one attached hydrogen (secondary N) is 2. The molecule has 31 heavy (non-hydrogen) atoms. The Morgan fingerprint density at radius 1 is 1.19 bits per heavy atom. The molecule has 1 aliphatic rings. The number of fused-ring (bicyclic) bond motifs is 1. The maximum Gasteiger partial charge on any atom is 0.255 e. The third-order valence-electron chi connectivity index (χ3n) is 5.26. The van der Waals surface area contributed by atoms with Gasteiger partial charge in [0.1, 0.15) is 11.8 Å². The molecular formula is C23H26N6O2. The van der Waals surface area contributed by atoms with Gasteiger partial charge in [-0.15, -0.1) is 0 Å². The molecule has 8 nitrogen and oxygen atoms in total. The molecule has 4 rings (SSSR count). The van der Waals surface area contributed by atoms with Crippen LogP contribution in [-0.4, -0.2) is 32.7 Å². The number of hydrogen-bond donors (Lipinski definition) is 2. The Labute approximate surface area is 181 Å². The van der Waals surface area contributed by atoms with Gasteiger partial charge in [-0.3, -0.25) is 4.79 Å². The molecule has 0 bridgehead atoms. The maximum absolute atomic E-state index is 13.5. The van der Waals surface area contributed by atoms with Crippen LogP contribution in [0.25, 0.3) is 0 Å². The predicted molar refractivity (Wildman–Crippen MR) is 119 cm³/mol. The Balaban J connectivity index is 1.77. The summed E-state index contributed by atoms with van der Waals surface area (Å²) in [6.07, 6.45) is 0.881. The molecule has 2 heterocycles. The Hall–Kier alpha value is -3.68. The highest BCUT2D eigenvalue weighted by molar-refractivity contribution is 6.06. The molecule has 0 unspecified atom stereocenters. The van der Waals surface area contributed by atoms with E-state index >= 15 is 0 Å². The zero-order valence-electron chi connectivity index (χ0n) is 18.1. The van der Waals surface area contributed by atoms with Crippen molar-refractivity contribution in [3.63, 3.8) is 0 Å². The maximum atomic E-state index is 13.5. The molecule has 1 aliphatic heterocycles. The van der Waals surface area contributed by atoms with Gasteiger partial charge in [-0.05, 0) is 55.3 Å². The standard InChI is InChI=1S/C23H26N6O2/c1-5-12-31-19-9-7-6-8-17(19)21-20(16(4)24-23-26-27-28-29(21)23)22(30)25-18-11-10-14(2)13-15(18)3/h6-11,13,21H,5,12H2,1-4H3,(H,25,30)(H,24,26,28)/t21-/m0/s1. The zero-order valence-corrected chi connectivity index (χ0v) is 18.1. The molecule has 8 heteroatoms. The van der Waals surface area contributed by atoms with Crippen LogP contribution in [0.2, 0.25) is 0 Å². The number of benzene rings is 2. The number of rotatable bonds is 6. The van der Waals surface area contributed by atoms with Crippen molar-refractivity contribution in [3.05, 3.63) is 70.4 Å². The van der Waals surface area contributed by atoms with Gasteiger partial charge in [0.05, 0.1) is 12.2 Å². The number of para-hydroxylation sites is 1. The number of hydrogen-bond acceptors (Lipinski definition) is 6. The summed E-state index contributed by atoms with van der Waals surface area (Å²) in [6.45, 7) is 8.50. The molecule has 0 saturated carbocycles. The molecule has 2 N–H and O–H groups in total. The van der Waals surface area contributed by atoms with Crippen LogP contribution in [-0.2, 0) is 4.79 Å². The number of carbonyl (C=O) groups excluding carboxylic acids is 1. The van der Waals surface area contributed by atoms with Gasteiger partial charge in [-0.25, -0.2) is 0 Å². The van der Waals surface area contributed by atoms with E-state index in [-0.39, 0.29) is 5.91 Å². The molecule has 3 aromatic rings. The number of nitrogens with zero attached hydrogens (tertiary/aromatic N) is 4. The molecule has 0 spiro atoms. The van der Waals surface area contributed by atoms with Gasteiger partial charge in [-0.1, -0.05) is 47.9 Å². The van der Waals surface area contributed by atoms with Crippen molar-refractivity contribution in [2.24, 2.45) is 0 Å².